The quantitative estimate of drug-likeness (QED) is 0.848. The molecule has 2 heterocycles. The summed E-state index contributed by atoms with van der Waals surface area (Å²) in [6.45, 7) is 0. The molecule has 6 heteroatoms. The van der Waals surface area contributed by atoms with Gasteiger partial charge in [0.15, 0.2) is 5.13 Å². The summed E-state index contributed by atoms with van der Waals surface area (Å²) in [6.07, 6.45) is 10.1. The van der Waals surface area contributed by atoms with E-state index in [1.807, 2.05) is 11.4 Å². The molecule has 5 nitrogen and oxygen atoms in total. The number of pyridine rings is 1. The fourth-order valence-electron chi connectivity index (χ4n) is 2.68. The first-order chi connectivity index (χ1) is 10.7. The molecule has 2 aromatic heterocycles. The zero-order chi connectivity index (χ0) is 15.4. The number of allylic oxidation sites excluding steroid dienone is 1. The van der Waals surface area contributed by atoms with Crippen molar-refractivity contribution < 1.29 is 4.79 Å². The summed E-state index contributed by atoms with van der Waals surface area (Å²) in [5.41, 5.74) is 7.07. The Morgan fingerprint density at radius 2 is 2.14 bits per heavy atom. The molecule has 3 N–H and O–H groups in total. The molecule has 1 amide bonds. The molecular weight excluding hydrogens is 296 g/mol. The minimum absolute atomic E-state index is 0.145. The fraction of sp³-hybridized carbons (Fsp3) is 0.312. The zero-order valence-electron chi connectivity index (χ0n) is 12.2. The number of anilines is 2. The van der Waals surface area contributed by atoms with Crippen LogP contribution >= 0.6 is 11.3 Å². The number of amides is 1. The Hall–Kier alpha value is -2.21. The molecule has 3 rings (SSSR count). The molecule has 1 fully saturated rings. The van der Waals surface area contributed by atoms with Crippen molar-refractivity contribution in [1.82, 2.24) is 9.97 Å². The minimum atomic E-state index is -0.145. The largest absolute Gasteiger partial charge is 0.384 e. The van der Waals surface area contributed by atoms with Gasteiger partial charge in [-0.25, -0.2) is 9.97 Å². The third-order valence-corrected chi connectivity index (χ3v) is 4.49. The van der Waals surface area contributed by atoms with Crippen LogP contribution in [-0.4, -0.2) is 15.9 Å². The van der Waals surface area contributed by atoms with Crippen LogP contribution in [0.25, 0.3) is 5.57 Å². The summed E-state index contributed by atoms with van der Waals surface area (Å²) in [6, 6.07) is 3.55. The van der Waals surface area contributed by atoms with Crippen LogP contribution < -0.4 is 11.1 Å². The van der Waals surface area contributed by atoms with Crippen LogP contribution in [0.5, 0.6) is 0 Å². The van der Waals surface area contributed by atoms with Gasteiger partial charge in [0.05, 0.1) is 0 Å². The third-order valence-electron chi connectivity index (χ3n) is 3.80. The van der Waals surface area contributed by atoms with E-state index in [-0.39, 0.29) is 5.91 Å². The summed E-state index contributed by atoms with van der Waals surface area (Å²) in [5, 5.41) is 5.29. The molecule has 1 aliphatic rings. The van der Waals surface area contributed by atoms with Gasteiger partial charge in [-0.15, -0.1) is 11.3 Å². The van der Waals surface area contributed by atoms with Crippen molar-refractivity contribution in [3.8, 4) is 0 Å². The molecule has 1 aliphatic carbocycles. The predicted molar refractivity (Wildman–Crippen MR) is 89.3 cm³/mol. The van der Waals surface area contributed by atoms with Crippen molar-refractivity contribution in [3.05, 3.63) is 41.5 Å². The van der Waals surface area contributed by atoms with Crippen LogP contribution in [0.15, 0.2) is 36.0 Å². The molecule has 0 saturated heterocycles. The van der Waals surface area contributed by atoms with E-state index in [1.54, 1.807) is 18.5 Å². The van der Waals surface area contributed by atoms with Crippen LogP contribution in [0.1, 0.15) is 31.2 Å². The van der Waals surface area contributed by atoms with Crippen LogP contribution in [-0.2, 0) is 4.79 Å². The highest BCUT2D eigenvalue weighted by Crippen LogP contribution is 2.29. The second kappa shape index (κ2) is 6.70. The minimum Gasteiger partial charge on any atom is -0.384 e. The average molecular weight is 314 g/mol. The predicted octanol–water partition coefficient (Wildman–Crippen LogP) is 3.33. The van der Waals surface area contributed by atoms with E-state index < -0.39 is 0 Å². The number of aromatic nitrogens is 2. The molecule has 0 bridgehead atoms. The fourth-order valence-corrected chi connectivity index (χ4v) is 3.20. The van der Waals surface area contributed by atoms with Gasteiger partial charge in [-0.05, 0) is 30.9 Å². The van der Waals surface area contributed by atoms with Crippen LogP contribution in [0.3, 0.4) is 0 Å². The molecular formula is C16H18N4OS. The van der Waals surface area contributed by atoms with Gasteiger partial charge < -0.3 is 5.73 Å². The first kappa shape index (κ1) is 14.7. The van der Waals surface area contributed by atoms with Gasteiger partial charge in [0.25, 0.3) is 5.91 Å². The normalized spacial score (nSPS) is 15.9. The Morgan fingerprint density at radius 1 is 1.32 bits per heavy atom. The zero-order valence-corrected chi connectivity index (χ0v) is 13.0. The lowest BCUT2D eigenvalue weighted by Gasteiger charge is -2.10. The van der Waals surface area contributed by atoms with E-state index in [2.05, 4.69) is 21.4 Å². The van der Waals surface area contributed by atoms with Crippen molar-refractivity contribution in [2.75, 3.05) is 11.1 Å². The first-order valence-corrected chi connectivity index (χ1v) is 8.25. The van der Waals surface area contributed by atoms with E-state index in [0.29, 0.717) is 22.4 Å². The van der Waals surface area contributed by atoms with Crippen molar-refractivity contribution >= 4 is 33.8 Å². The monoisotopic (exact) mass is 314 g/mol. The summed E-state index contributed by atoms with van der Waals surface area (Å²) in [5.74, 6) is 0.757. The number of nitrogens with zero attached hydrogens (tertiary/aromatic N) is 2. The van der Waals surface area contributed by atoms with E-state index in [0.717, 1.165) is 18.4 Å². The Balaban J connectivity index is 1.87. The topological polar surface area (TPSA) is 80.9 Å². The van der Waals surface area contributed by atoms with Gasteiger partial charge in [0.1, 0.15) is 5.82 Å². The number of rotatable bonds is 4. The summed E-state index contributed by atoms with van der Waals surface area (Å²) >= 11 is 1.40. The highest BCUT2D eigenvalue weighted by atomic mass is 32.1. The van der Waals surface area contributed by atoms with Gasteiger partial charge in [-0.3, -0.25) is 10.1 Å². The van der Waals surface area contributed by atoms with Crippen molar-refractivity contribution in [1.29, 1.82) is 0 Å². The highest BCUT2D eigenvalue weighted by molar-refractivity contribution is 7.13. The van der Waals surface area contributed by atoms with Crippen molar-refractivity contribution in [3.63, 3.8) is 0 Å². The second-order valence-electron chi connectivity index (χ2n) is 5.39. The molecule has 114 valence electrons. The molecule has 1 saturated carbocycles. The van der Waals surface area contributed by atoms with Crippen LogP contribution in [0, 0.1) is 5.92 Å². The van der Waals surface area contributed by atoms with E-state index in [4.69, 9.17) is 5.73 Å². The number of nitrogen functional groups attached to an aromatic ring is 1. The number of nitrogens with two attached hydrogens (primary N) is 1. The number of carbonyl (C=O) groups is 1. The highest BCUT2D eigenvalue weighted by Gasteiger charge is 2.19. The lowest BCUT2D eigenvalue weighted by atomic mass is 9.99. The van der Waals surface area contributed by atoms with E-state index in [9.17, 15) is 4.79 Å². The maximum Gasteiger partial charge on any atom is 0.257 e. The van der Waals surface area contributed by atoms with Crippen molar-refractivity contribution in [2.45, 2.75) is 25.7 Å². The number of nitrogens with one attached hydrogen (secondary N) is 1. The maximum absolute atomic E-state index is 12.6. The Kier molecular flexibility index (Phi) is 4.48. The average Bonchev–Trinajstić information content (AvgIpc) is 3.19. The van der Waals surface area contributed by atoms with E-state index in [1.165, 1.54) is 24.2 Å². The number of thiazole rings is 1. The smallest absolute Gasteiger partial charge is 0.257 e. The van der Waals surface area contributed by atoms with Crippen LogP contribution in [0.4, 0.5) is 10.9 Å². The number of hydrogen-bond acceptors (Lipinski definition) is 5. The lowest BCUT2D eigenvalue weighted by molar-refractivity contribution is -0.111. The Labute approximate surface area is 133 Å². The van der Waals surface area contributed by atoms with Gasteiger partial charge in [-0.1, -0.05) is 18.9 Å². The van der Waals surface area contributed by atoms with Crippen LogP contribution in [0.2, 0.25) is 0 Å². The maximum atomic E-state index is 12.6. The molecule has 0 spiro atoms. The Morgan fingerprint density at radius 3 is 2.77 bits per heavy atom. The molecule has 2 aromatic rings. The Bertz CT molecular complexity index is 658. The molecule has 0 aliphatic heterocycles. The van der Waals surface area contributed by atoms with Crippen molar-refractivity contribution in [2.24, 2.45) is 5.92 Å². The molecule has 0 radical (unpaired) electrons. The van der Waals surface area contributed by atoms with Gasteiger partial charge >= 0.3 is 0 Å². The second-order valence-corrected chi connectivity index (χ2v) is 6.28. The van der Waals surface area contributed by atoms with E-state index >= 15 is 0 Å². The molecule has 0 atom stereocenters. The summed E-state index contributed by atoms with van der Waals surface area (Å²) in [7, 11) is 0. The lowest BCUT2D eigenvalue weighted by Crippen LogP contribution is -2.14. The SMILES string of the molecule is Nc1ccc(/C(=C\C2CCCC2)C(=O)Nc2nccs2)cn1. The molecule has 0 unspecified atom stereocenters. The van der Waals surface area contributed by atoms with Gasteiger partial charge in [-0.2, -0.15) is 0 Å². The third kappa shape index (κ3) is 3.51. The van der Waals surface area contributed by atoms with Gasteiger partial charge in [0, 0.05) is 28.9 Å². The van der Waals surface area contributed by atoms with Gasteiger partial charge in [0.2, 0.25) is 0 Å². The molecule has 22 heavy (non-hydrogen) atoms. The molecule has 0 aromatic carbocycles. The number of carbonyl (C=O) groups excluding carboxylic acids is 1. The number of hydrogen-bond donors (Lipinski definition) is 2. The summed E-state index contributed by atoms with van der Waals surface area (Å²) in [4.78, 5) is 20.8. The standard InChI is InChI=1S/C16H18N4OS/c17-14-6-5-12(10-19-14)13(9-11-3-1-2-4-11)15(21)20-16-18-7-8-22-16/h5-11H,1-4H2,(H2,17,19)(H,18,20,21)/b13-9+. The first-order valence-electron chi connectivity index (χ1n) is 7.37. The summed E-state index contributed by atoms with van der Waals surface area (Å²) < 4.78 is 0.